The van der Waals surface area contributed by atoms with Crippen LogP contribution in [0.15, 0.2) is 83.8 Å². The number of anilines is 2. The lowest BCUT2D eigenvalue weighted by atomic mass is 10.2. The highest BCUT2D eigenvalue weighted by molar-refractivity contribution is 7.92. The van der Waals surface area contributed by atoms with Crippen molar-refractivity contribution in [3.05, 3.63) is 78.9 Å². The molecule has 0 fully saturated rings. The van der Waals surface area contributed by atoms with Crippen molar-refractivity contribution in [2.24, 2.45) is 0 Å². The number of rotatable bonds is 8. The van der Waals surface area contributed by atoms with E-state index in [1.807, 2.05) is 18.2 Å². The molecule has 0 bridgehead atoms. The Morgan fingerprint density at radius 1 is 0.806 bits per heavy atom. The SMILES string of the molecule is COc1ccc(N(CC(=O)N(C)c2ccccc2)S(=O)(=O)c2ccccc2)cc1OC. The van der Waals surface area contributed by atoms with Crippen molar-refractivity contribution in [1.29, 1.82) is 0 Å². The van der Waals surface area contributed by atoms with Crippen molar-refractivity contribution in [2.75, 3.05) is 37.0 Å². The second kappa shape index (κ2) is 9.53. The third-order valence-corrected chi connectivity index (χ3v) is 6.57. The molecule has 0 aliphatic carbocycles. The maximum atomic E-state index is 13.5. The van der Waals surface area contributed by atoms with E-state index in [4.69, 9.17) is 9.47 Å². The lowest BCUT2D eigenvalue weighted by Crippen LogP contribution is -2.41. The maximum absolute atomic E-state index is 13.5. The summed E-state index contributed by atoms with van der Waals surface area (Å²) in [7, 11) is 0.549. The summed E-state index contributed by atoms with van der Waals surface area (Å²) in [6.07, 6.45) is 0. The predicted molar refractivity (Wildman–Crippen MR) is 120 cm³/mol. The van der Waals surface area contributed by atoms with Crippen LogP contribution in [0.4, 0.5) is 11.4 Å². The summed E-state index contributed by atoms with van der Waals surface area (Å²) >= 11 is 0. The Balaban J connectivity index is 2.04. The molecule has 0 N–H and O–H groups in total. The van der Waals surface area contributed by atoms with Gasteiger partial charge in [-0.25, -0.2) is 8.42 Å². The second-order valence-corrected chi connectivity index (χ2v) is 8.51. The normalized spacial score (nSPS) is 10.9. The van der Waals surface area contributed by atoms with E-state index in [1.54, 1.807) is 49.5 Å². The number of para-hydroxylation sites is 1. The van der Waals surface area contributed by atoms with Gasteiger partial charge < -0.3 is 14.4 Å². The number of sulfonamides is 1. The van der Waals surface area contributed by atoms with Gasteiger partial charge in [-0.1, -0.05) is 36.4 Å². The van der Waals surface area contributed by atoms with Gasteiger partial charge in [-0.15, -0.1) is 0 Å². The second-order valence-electron chi connectivity index (χ2n) is 6.65. The summed E-state index contributed by atoms with van der Waals surface area (Å²) in [4.78, 5) is 14.6. The van der Waals surface area contributed by atoms with E-state index in [1.165, 1.54) is 37.3 Å². The van der Waals surface area contributed by atoms with Crippen LogP contribution in [-0.4, -0.2) is 42.1 Å². The van der Waals surface area contributed by atoms with Gasteiger partial charge in [0.25, 0.3) is 10.0 Å². The van der Waals surface area contributed by atoms with E-state index in [0.29, 0.717) is 17.2 Å². The number of carbonyl (C=O) groups is 1. The molecule has 3 rings (SSSR count). The molecule has 0 aliphatic rings. The van der Waals surface area contributed by atoms with Gasteiger partial charge in [-0.3, -0.25) is 9.10 Å². The van der Waals surface area contributed by atoms with Gasteiger partial charge in [-0.05, 0) is 36.4 Å². The first-order valence-corrected chi connectivity index (χ1v) is 10.9. The lowest BCUT2D eigenvalue weighted by Gasteiger charge is -2.27. The van der Waals surface area contributed by atoms with Gasteiger partial charge in [0.15, 0.2) is 11.5 Å². The van der Waals surface area contributed by atoms with Gasteiger partial charge in [-0.2, -0.15) is 0 Å². The average Bonchev–Trinajstić information content (AvgIpc) is 2.82. The molecule has 162 valence electrons. The fourth-order valence-corrected chi connectivity index (χ4v) is 4.47. The van der Waals surface area contributed by atoms with Gasteiger partial charge >= 0.3 is 0 Å². The molecule has 0 aromatic heterocycles. The molecule has 0 aliphatic heterocycles. The van der Waals surface area contributed by atoms with Crippen LogP contribution < -0.4 is 18.7 Å². The number of amides is 1. The number of ether oxygens (including phenoxy) is 2. The zero-order valence-corrected chi connectivity index (χ0v) is 18.4. The van der Waals surface area contributed by atoms with Crippen LogP contribution in [0.2, 0.25) is 0 Å². The van der Waals surface area contributed by atoms with Gasteiger partial charge in [0.2, 0.25) is 5.91 Å². The Morgan fingerprint density at radius 3 is 1.97 bits per heavy atom. The van der Waals surface area contributed by atoms with Crippen LogP contribution in [0, 0.1) is 0 Å². The number of hydrogen-bond acceptors (Lipinski definition) is 5. The van der Waals surface area contributed by atoms with Crippen LogP contribution >= 0.6 is 0 Å². The summed E-state index contributed by atoms with van der Waals surface area (Å²) in [5.74, 6) is 0.425. The minimum Gasteiger partial charge on any atom is -0.493 e. The quantitative estimate of drug-likeness (QED) is 0.535. The number of carbonyl (C=O) groups excluding carboxylic acids is 1. The number of hydrogen-bond donors (Lipinski definition) is 0. The number of nitrogens with zero attached hydrogens (tertiary/aromatic N) is 2. The molecular formula is C23H24N2O5S. The van der Waals surface area contributed by atoms with E-state index < -0.39 is 16.6 Å². The minimum atomic E-state index is -4.02. The van der Waals surface area contributed by atoms with Crippen LogP contribution in [0.5, 0.6) is 11.5 Å². The van der Waals surface area contributed by atoms with Crippen LogP contribution in [-0.2, 0) is 14.8 Å². The molecule has 0 radical (unpaired) electrons. The molecular weight excluding hydrogens is 416 g/mol. The van der Waals surface area contributed by atoms with Crippen molar-refractivity contribution < 1.29 is 22.7 Å². The van der Waals surface area contributed by atoms with Crippen LogP contribution in [0.3, 0.4) is 0 Å². The Morgan fingerprint density at radius 2 is 1.39 bits per heavy atom. The van der Waals surface area contributed by atoms with Gasteiger partial charge in [0.05, 0.1) is 24.8 Å². The molecule has 8 heteroatoms. The van der Waals surface area contributed by atoms with Crippen LogP contribution in [0.1, 0.15) is 0 Å². The van der Waals surface area contributed by atoms with Crippen LogP contribution in [0.25, 0.3) is 0 Å². The van der Waals surface area contributed by atoms with E-state index in [9.17, 15) is 13.2 Å². The number of methoxy groups -OCH3 is 2. The molecule has 0 saturated heterocycles. The smallest absolute Gasteiger partial charge is 0.264 e. The summed E-state index contributed by atoms with van der Waals surface area (Å²) in [6.45, 7) is -0.391. The predicted octanol–water partition coefficient (Wildman–Crippen LogP) is 3.56. The molecule has 0 atom stereocenters. The topological polar surface area (TPSA) is 76.2 Å². The third kappa shape index (κ3) is 4.80. The van der Waals surface area contributed by atoms with E-state index in [-0.39, 0.29) is 16.5 Å². The molecule has 7 nitrogen and oxygen atoms in total. The largest absolute Gasteiger partial charge is 0.493 e. The summed E-state index contributed by atoms with van der Waals surface area (Å²) in [5.41, 5.74) is 0.952. The first-order chi connectivity index (χ1) is 14.9. The lowest BCUT2D eigenvalue weighted by molar-refractivity contribution is -0.116. The summed E-state index contributed by atoms with van der Waals surface area (Å²) in [5, 5.41) is 0. The Hall–Kier alpha value is -3.52. The van der Waals surface area contributed by atoms with Crippen molar-refractivity contribution in [1.82, 2.24) is 0 Å². The highest BCUT2D eigenvalue weighted by Gasteiger charge is 2.29. The van der Waals surface area contributed by atoms with E-state index in [2.05, 4.69) is 0 Å². The number of benzene rings is 3. The highest BCUT2D eigenvalue weighted by atomic mass is 32.2. The summed E-state index contributed by atoms with van der Waals surface area (Å²) in [6, 6.07) is 21.7. The van der Waals surface area contributed by atoms with Gasteiger partial charge in [0, 0.05) is 18.8 Å². The third-order valence-electron chi connectivity index (χ3n) is 4.78. The monoisotopic (exact) mass is 440 g/mol. The molecule has 1 amide bonds. The zero-order chi connectivity index (χ0) is 22.4. The first-order valence-electron chi connectivity index (χ1n) is 9.50. The molecule has 3 aromatic carbocycles. The fourth-order valence-electron chi connectivity index (χ4n) is 3.04. The molecule has 3 aromatic rings. The Bertz CT molecular complexity index is 1140. The molecule has 0 heterocycles. The standard InChI is InChI=1S/C23H24N2O5S/c1-24(18-10-6-4-7-11-18)23(26)17-25(31(27,28)20-12-8-5-9-13-20)19-14-15-21(29-2)22(16-19)30-3/h4-16H,17H2,1-3H3. The Labute approximate surface area is 182 Å². The highest BCUT2D eigenvalue weighted by Crippen LogP contribution is 2.34. The van der Waals surface area contributed by atoms with Crippen molar-refractivity contribution in [3.63, 3.8) is 0 Å². The van der Waals surface area contributed by atoms with Crippen molar-refractivity contribution in [3.8, 4) is 11.5 Å². The first kappa shape index (κ1) is 22.2. The average molecular weight is 441 g/mol. The van der Waals surface area contributed by atoms with E-state index in [0.717, 1.165) is 4.31 Å². The Kier molecular flexibility index (Phi) is 6.81. The molecule has 0 spiro atoms. The number of likely N-dealkylation sites (N-methyl/N-ethyl adjacent to an activating group) is 1. The minimum absolute atomic E-state index is 0.0833. The zero-order valence-electron chi connectivity index (χ0n) is 17.6. The molecule has 0 unspecified atom stereocenters. The van der Waals surface area contributed by atoms with Crippen molar-refractivity contribution in [2.45, 2.75) is 4.90 Å². The fraction of sp³-hybridized carbons (Fsp3) is 0.174. The van der Waals surface area contributed by atoms with E-state index >= 15 is 0 Å². The van der Waals surface area contributed by atoms with Crippen molar-refractivity contribution >= 4 is 27.3 Å². The maximum Gasteiger partial charge on any atom is 0.264 e. The molecule has 0 saturated carbocycles. The van der Waals surface area contributed by atoms with Gasteiger partial charge in [0.1, 0.15) is 6.54 Å². The molecule has 31 heavy (non-hydrogen) atoms. The summed E-state index contributed by atoms with van der Waals surface area (Å²) < 4.78 is 38.6.